The van der Waals surface area contributed by atoms with Gasteiger partial charge in [0.05, 0.1) is 18.5 Å². The zero-order valence-corrected chi connectivity index (χ0v) is 18.8. The minimum atomic E-state index is -0.209. The maximum absolute atomic E-state index is 13.5. The molecule has 0 spiro atoms. The maximum Gasteiger partial charge on any atom is 0.263 e. The number of pyridine rings is 1. The van der Waals surface area contributed by atoms with Crippen molar-refractivity contribution in [2.45, 2.75) is 33.2 Å². The van der Waals surface area contributed by atoms with E-state index in [9.17, 15) is 9.59 Å². The first-order valence-corrected chi connectivity index (χ1v) is 11.4. The number of rotatable bonds is 7. The van der Waals surface area contributed by atoms with Crippen LogP contribution in [0, 0.1) is 0 Å². The van der Waals surface area contributed by atoms with Crippen LogP contribution in [0.5, 0.6) is 5.75 Å². The highest BCUT2D eigenvalue weighted by molar-refractivity contribution is 7.17. The third-order valence-electron chi connectivity index (χ3n) is 4.97. The Labute approximate surface area is 188 Å². The average molecular weight is 456 g/mol. The fourth-order valence-electron chi connectivity index (χ4n) is 3.43. The molecule has 31 heavy (non-hydrogen) atoms. The Morgan fingerprint density at radius 2 is 1.97 bits per heavy atom. The van der Waals surface area contributed by atoms with Crippen molar-refractivity contribution in [1.29, 1.82) is 0 Å². The first kappa shape index (κ1) is 21.3. The van der Waals surface area contributed by atoms with Gasteiger partial charge < -0.3 is 9.72 Å². The number of ether oxygens (including phenoxy) is 1. The molecule has 1 aromatic carbocycles. The molecule has 0 saturated carbocycles. The molecule has 0 atom stereocenters. The molecule has 0 aliphatic carbocycles. The lowest BCUT2D eigenvalue weighted by atomic mass is 10.1. The molecular weight excluding hydrogens is 434 g/mol. The zero-order valence-electron chi connectivity index (χ0n) is 17.3. The molecule has 3 heterocycles. The molecular formula is C23H22ClN3O3S. The fourth-order valence-corrected chi connectivity index (χ4v) is 4.51. The van der Waals surface area contributed by atoms with E-state index in [0.717, 1.165) is 17.5 Å². The molecule has 0 aliphatic rings. The van der Waals surface area contributed by atoms with Crippen molar-refractivity contribution < 1.29 is 4.74 Å². The maximum atomic E-state index is 13.5. The van der Waals surface area contributed by atoms with E-state index < -0.39 is 0 Å². The summed E-state index contributed by atoms with van der Waals surface area (Å²) in [6.45, 7) is 4.65. The molecule has 0 unspecified atom stereocenters. The summed E-state index contributed by atoms with van der Waals surface area (Å²) >= 11 is 7.47. The lowest BCUT2D eigenvalue weighted by Crippen LogP contribution is -2.26. The molecule has 8 heteroatoms. The molecule has 0 amide bonds. The van der Waals surface area contributed by atoms with E-state index in [2.05, 4.69) is 4.98 Å². The molecule has 0 saturated heterocycles. The molecule has 0 aliphatic heterocycles. The van der Waals surface area contributed by atoms with Crippen LogP contribution in [0.1, 0.15) is 31.8 Å². The number of nitrogens with zero attached hydrogens (tertiary/aromatic N) is 2. The van der Waals surface area contributed by atoms with Crippen molar-refractivity contribution in [3.05, 3.63) is 79.0 Å². The monoisotopic (exact) mass is 455 g/mol. The smallest absolute Gasteiger partial charge is 0.263 e. The number of nitrogens with one attached hydrogen (secondary N) is 1. The molecule has 0 fully saturated rings. The summed E-state index contributed by atoms with van der Waals surface area (Å²) in [6.07, 6.45) is 2.97. The third-order valence-corrected chi connectivity index (χ3v) is 6.10. The van der Waals surface area contributed by atoms with Gasteiger partial charge in [0.2, 0.25) is 5.43 Å². The SMILES string of the molecule is CCCOc1c[nH]c(Cn2c(CC)nc3scc(-c4ccc(Cl)cc4)c3c2=O)cc1=O. The number of halogens is 1. The molecule has 4 aromatic rings. The van der Waals surface area contributed by atoms with Crippen LogP contribution >= 0.6 is 22.9 Å². The quantitative estimate of drug-likeness (QED) is 0.431. The number of thiophene rings is 1. The van der Waals surface area contributed by atoms with Gasteiger partial charge in [-0.15, -0.1) is 11.3 Å². The van der Waals surface area contributed by atoms with Crippen molar-refractivity contribution in [2.75, 3.05) is 6.61 Å². The number of aryl methyl sites for hydroxylation is 1. The van der Waals surface area contributed by atoms with Gasteiger partial charge in [-0.05, 0) is 24.1 Å². The minimum absolute atomic E-state index is 0.125. The zero-order chi connectivity index (χ0) is 22.0. The summed E-state index contributed by atoms with van der Waals surface area (Å²) in [5.41, 5.74) is 2.04. The third kappa shape index (κ3) is 4.29. The Balaban J connectivity index is 1.78. The average Bonchev–Trinajstić information content (AvgIpc) is 3.19. The van der Waals surface area contributed by atoms with Crippen LogP contribution in [0.25, 0.3) is 21.3 Å². The van der Waals surface area contributed by atoms with Gasteiger partial charge in [0.25, 0.3) is 5.56 Å². The number of benzene rings is 1. The highest BCUT2D eigenvalue weighted by atomic mass is 35.5. The lowest BCUT2D eigenvalue weighted by Gasteiger charge is -2.12. The van der Waals surface area contributed by atoms with Crippen LogP contribution in [0.4, 0.5) is 0 Å². The second-order valence-corrected chi connectivity index (χ2v) is 8.44. The van der Waals surface area contributed by atoms with Gasteiger partial charge in [-0.2, -0.15) is 0 Å². The van der Waals surface area contributed by atoms with Crippen LogP contribution in [-0.2, 0) is 13.0 Å². The van der Waals surface area contributed by atoms with E-state index in [1.54, 1.807) is 22.9 Å². The molecule has 3 aromatic heterocycles. The van der Waals surface area contributed by atoms with Crippen molar-refractivity contribution in [2.24, 2.45) is 0 Å². The summed E-state index contributed by atoms with van der Waals surface area (Å²) in [5, 5.41) is 3.17. The molecule has 0 radical (unpaired) electrons. The summed E-state index contributed by atoms with van der Waals surface area (Å²) in [5.74, 6) is 0.958. The van der Waals surface area contributed by atoms with Crippen molar-refractivity contribution in [3.8, 4) is 16.9 Å². The van der Waals surface area contributed by atoms with E-state index in [-0.39, 0.29) is 23.3 Å². The van der Waals surface area contributed by atoms with Gasteiger partial charge in [-0.25, -0.2) is 4.98 Å². The largest absolute Gasteiger partial charge is 0.488 e. The van der Waals surface area contributed by atoms with E-state index >= 15 is 0 Å². The summed E-state index contributed by atoms with van der Waals surface area (Å²) < 4.78 is 7.08. The minimum Gasteiger partial charge on any atom is -0.488 e. The van der Waals surface area contributed by atoms with Gasteiger partial charge in [-0.3, -0.25) is 14.2 Å². The van der Waals surface area contributed by atoms with Gasteiger partial charge >= 0.3 is 0 Å². The summed E-state index contributed by atoms with van der Waals surface area (Å²) in [6, 6.07) is 8.88. The van der Waals surface area contributed by atoms with Crippen molar-refractivity contribution >= 4 is 33.2 Å². The Bertz CT molecular complexity index is 1340. The Hall–Kier alpha value is -2.90. The second-order valence-electron chi connectivity index (χ2n) is 7.14. The number of fused-ring (bicyclic) bond motifs is 1. The summed E-state index contributed by atoms with van der Waals surface area (Å²) in [4.78, 5) is 34.4. The Morgan fingerprint density at radius 3 is 2.65 bits per heavy atom. The van der Waals surface area contributed by atoms with Gasteiger partial charge in [0, 0.05) is 40.3 Å². The Kier molecular flexibility index (Phi) is 6.25. The predicted octanol–water partition coefficient (Wildman–Crippen LogP) is 4.87. The van der Waals surface area contributed by atoms with E-state index in [0.29, 0.717) is 39.8 Å². The number of hydrogen-bond acceptors (Lipinski definition) is 5. The van der Waals surface area contributed by atoms with Gasteiger partial charge in [0.1, 0.15) is 10.7 Å². The first-order valence-electron chi connectivity index (χ1n) is 10.1. The highest BCUT2D eigenvalue weighted by Gasteiger charge is 2.17. The molecule has 0 bridgehead atoms. The molecule has 160 valence electrons. The number of hydrogen-bond donors (Lipinski definition) is 1. The van der Waals surface area contributed by atoms with Crippen molar-refractivity contribution in [3.63, 3.8) is 0 Å². The standard InChI is InChI=1S/C23H22ClN3O3S/c1-3-9-30-19-11-25-16(10-18(19)28)12-27-20(4-2)26-22-21(23(27)29)17(13-31-22)14-5-7-15(24)8-6-14/h5-8,10-11,13H,3-4,9,12H2,1-2H3,(H,25,28). The number of H-pyrrole nitrogens is 1. The molecule has 4 rings (SSSR count). The Morgan fingerprint density at radius 1 is 1.19 bits per heavy atom. The van der Waals surface area contributed by atoms with E-state index in [1.165, 1.54) is 17.4 Å². The highest BCUT2D eigenvalue weighted by Crippen LogP contribution is 2.31. The van der Waals surface area contributed by atoms with E-state index in [1.807, 2.05) is 31.4 Å². The molecule has 6 nitrogen and oxygen atoms in total. The van der Waals surface area contributed by atoms with Gasteiger partial charge in [0.15, 0.2) is 5.75 Å². The topological polar surface area (TPSA) is 77.0 Å². The fraction of sp³-hybridized carbons (Fsp3) is 0.261. The van der Waals surface area contributed by atoms with Crippen LogP contribution < -0.4 is 15.7 Å². The van der Waals surface area contributed by atoms with Crippen molar-refractivity contribution in [1.82, 2.24) is 14.5 Å². The number of aromatic nitrogens is 3. The lowest BCUT2D eigenvalue weighted by molar-refractivity contribution is 0.313. The summed E-state index contributed by atoms with van der Waals surface area (Å²) in [7, 11) is 0. The normalized spacial score (nSPS) is 11.2. The second kappa shape index (κ2) is 9.08. The molecule has 1 N–H and O–H groups in total. The van der Waals surface area contributed by atoms with Crippen LogP contribution in [0.2, 0.25) is 5.02 Å². The first-order chi connectivity index (χ1) is 15.0. The number of aromatic amines is 1. The van der Waals surface area contributed by atoms with Gasteiger partial charge in [-0.1, -0.05) is 37.6 Å². The van der Waals surface area contributed by atoms with Crippen LogP contribution in [-0.4, -0.2) is 21.1 Å². The van der Waals surface area contributed by atoms with Crippen LogP contribution in [0.15, 0.2) is 51.5 Å². The predicted molar refractivity (Wildman–Crippen MR) is 126 cm³/mol. The van der Waals surface area contributed by atoms with Crippen LogP contribution in [0.3, 0.4) is 0 Å². The van der Waals surface area contributed by atoms with E-state index in [4.69, 9.17) is 21.3 Å².